The van der Waals surface area contributed by atoms with Crippen LogP contribution in [0.25, 0.3) is 0 Å². The van der Waals surface area contributed by atoms with Crippen LogP contribution in [0.15, 0.2) is 0 Å². The number of rotatable bonds is 7. The van der Waals surface area contributed by atoms with Crippen LogP contribution in [0.2, 0.25) is 0 Å². The molecule has 0 aromatic carbocycles. The molecule has 1 rings (SSSR count). The van der Waals surface area contributed by atoms with Gasteiger partial charge in [0.05, 0.1) is 35.9 Å². The second-order valence-corrected chi connectivity index (χ2v) is 7.63. The minimum Gasteiger partial charge on any atom is -0.469 e. The molecule has 7 nitrogen and oxygen atoms in total. The van der Waals surface area contributed by atoms with Gasteiger partial charge in [0.2, 0.25) is 0 Å². The lowest BCUT2D eigenvalue weighted by Gasteiger charge is -2.34. The molecule has 3 unspecified atom stereocenters. The quantitative estimate of drug-likeness (QED) is 0.392. The number of cyclic esters (lactones) is 2. The van der Waals surface area contributed by atoms with Gasteiger partial charge in [-0.2, -0.15) is 0 Å². The number of hydrogen-bond acceptors (Lipinski definition) is 7. The molecule has 0 aliphatic carbocycles. The summed E-state index contributed by atoms with van der Waals surface area (Å²) in [6, 6.07) is 0. The Morgan fingerprint density at radius 2 is 1.68 bits per heavy atom. The highest BCUT2D eigenvalue weighted by Crippen LogP contribution is 2.46. The standard InChI is InChI=1S/C18H28O7/c1-8-18(6,16(22)24-10(2)3)12-11(13(19)25-14(12)20)9-17(4,5)15(21)23-7/h10-12H,8-9H2,1-7H3. The van der Waals surface area contributed by atoms with Crippen molar-refractivity contribution in [1.82, 2.24) is 0 Å². The van der Waals surface area contributed by atoms with E-state index >= 15 is 0 Å². The van der Waals surface area contributed by atoms with Crippen molar-refractivity contribution in [2.45, 2.75) is 60.5 Å². The lowest BCUT2D eigenvalue weighted by molar-refractivity contribution is -0.168. The number of methoxy groups -OCH3 is 1. The lowest BCUT2D eigenvalue weighted by Crippen LogP contribution is -2.44. The van der Waals surface area contributed by atoms with E-state index in [1.807, 2.05) is 0 Å². The van der Waals surface area contributed by atoms with Gasteiger partial charge >= 0.3 is 23.9 Å². The van der Waals surface area contributed by atoms with Crippen molar-refractivity contribution in [3.8, 4) is 0 Å². The van der Waals surface area contributed by atoms with Crippen molar-refractivity contribution in [3.63, 3.8) is 0 Å². The summed E-state index contributed by atoms with van der Waals surface area (Å²) in [6.07, 6.45) is -0.0170. The molecule has 1 saturated heterocycles. The molecule has 142 valence electrons. The fourth-order valence-corrected chi connectivity index (χ4v) is 3.19. The molecule has 3 atom stereocenters. The van der Waals surface area contributed by atoms with Gasteiger partial charge < -0.3 is 14.2 Å². The Morgan fingerprint density at radius 3 is 2.12 bits per heavy atom. The van der Waals surface area contributed by atoms with Crippen LogP contribution < -0.4 is 0 Å². The molecular weight excluding hydrogens is 328 g/mol. The van der Waals surface area contributed by atoms with Crippen LogP contribution in [-0.4, -0.2) is 37.1 Å². The summed E-state index contributed by atoms with van der Waals surface area (Å²) >= 11 is 0. The molecular formula is C18H28O7. The van der Waals surface area contributed by atoms with E-state index in [1.165, 1.54) is 7.11 Å². The van der Waals surface area contributed by atoms with Crippen molar-refractivity contribution in [2.24, 2.45) is 22.7 Å². The Morgan fingerprint density at radius 1 is 1.12 bits per heavy atom. The van der Waals surface area contributed by atoms with Gasteiger partial charge in [-0.1, -0.05) is 6.92 Å². The molecule has 1 heterocycles. The summed E-state index contributed by atoms with van der Waals surface area (Å²) in [5.41, 5.74) is -2.22. The molecule has 0 N–H and O–H groups in total. The van der Waals surface area contributed by atoms with E-state index in [0.717, 1.165) is 0 Å². The third-order valence-corrected chi connectivity index (χ3v) is 4.86. The van der Waals surface area contributed by atoms with Crippen LogP contribution >= 0.6 is 0 Å². The predicted molar refractivity (Wildman–Crippen MR) is 88.1 cm³/mol. The third-order valence-electron chi connectivity index (χ3n) is 4.86. The van der Waals surface area contributed by atoms with Crippen LogP contribution in [0.5, 0.6) is 0 Å². The maximum atomic E-state index is 12.6. The summed E-state index contributed by atoms with van der Waals surface area (Å²) in [4.78, 5) is 49.2. The van der Waals surface area contributed by atoms with Gasteiger partial charge in [-0.05, 0) is 47.5 Å². The summed E-state index contributed by atoms with van der Waals surface area (Å²) in [7, 11) is 1.26. The first-order chi connectivity index (χ1) is 11.4. The second kappa shape index (κ2) is 7.54. The second-order valence-electron chi connectivity index (χ2n) is 7.63. The highest BCUT2D eigenvalue weighted by atomic mass is 16.6. The number of carbonyl (C=O) groups excluding carboxylic acids is 4. The molecule has 0 spiro atoms. The van der Waals surface area contributed by atoms with Crippen molar-refractivity contribution in [1.29, 1.82) is 0 Å². The molecule has 1 aliphatic rings. The molecule has 0 aromatic heterocycles. The molecule has 0 amide bonds. The van der Waals surface area contributed by atoms with Gasteiger partial charge in [0, 0.05) is 0 Å². The summed E-state index contributed by atoms with van der Waals surface area (Å²) in [5.74, 6) is -4.43. The first kappa shape index (κ1) is 21.1. The van der Waals surface area contributed by atoms with Gasteiger partial charge in [0.25, 0.3) is 0 Å². The highest BCUT2D eigenvalue weighted by molar-refractivity contribution is 6.00. The van der Waals surface area contributed by atoms with Crippen molar-refractivity contribution in [2.75, 3.05) is 7.11 Å². The highest BCUT2D eigenvalue weighted by Gasteiger charge is 2.58. The average molecular weight is 356 g/mol. The molecule has 1 aliphatic heterocycles. The van der Waals surface area contributed by atoms with Crippen LogP contribution in [0, 0.1) is 22.7 Å². The van der Waals surface area contributed by atoms with Crippen molar-refractivity contribution < 1.29 is 33.4 Å². The van der Waals surface area contributed by atoms with Gasteiger partial charge in [0.1, 0.15) is 0 Å². The SMILES string of the molecule is CCC(C)(C(=O)OC(C)C)C1C(=O)OC(=O)C1CC(C)(C)C(=O)OC. The summed E-state index contributed by atoms with van der Waals surface area (Å²) in [5, 5.41) is 0. The minimum atomic E-state index is -1.22. The summed E-state index contributed by atoms with van der Waals surface area (Å²) in [6.45, 7) is 10.0. The number of esters is 4. The Balaban J connectivity index is 3.23. The van der Waals surface area contributed by atoms with Crippen molar-refractivity contribution in [3.05, 3.63) is 0 Å². The zero-order valence-electron chi connectivity index (χ0n) is 16.0. The van der Waals surface area contributed by atoms with Gasteiger partial charge in [-0.3, -0.25) is 19.2 Å². The van der Waals surface area contributed by atoms with E-state index in [2.05, 4.69) is 0 Å². The van der Waals surface area contributed by atoms with E-state index in [4.69, 9.17) is 14.2 Å². The minimum absolute atomic E-state index is 0.0411. The van der Waals surface area contributed by atoms with Crippen LogP contribution in [-0.2, 0) is 33.4 Å². The van der Waals surface area contributed by atoms with E-state index in [9.17, 15) is 19.2 Å². The lowest BCUT2D eigenvalue weighted by atomic mass is 9.66. The van der Waals surface area contributed by atoms with Crippen LogP contribution in [0.4, 0.5) is 0 Å². The van der Waals surface area contributed by atoms with Crippen LogP contribution in [0.3, 0.4) is 0 Å². The topological polar surface area (TPSA) is 96.0 Å². The smallest absolute Gasteiger partial charge is 0.318 e. The Labute approximate surface area is 148 Å². The van der Waals surface area contributed by atoms with Crippen LogP contribution in [0.1, 0.15) is 54.4 Å². The fourth-order valence-electron chi connectivity index (χ4n) is 3.19. The molecule has 0 saturated carbocycles. The Hall–Kier alpha value is -1.92. The van der Waals surface area contributed by atoms with Gasteiger partial charge in [-0.15, -0.1) is 0 Å². The number of carbonyl (C=O) groups is 4. The Kier molecular flexibility index (Phi) is 6.37. The van der Waals surface area contributed by atoms with Gasteiger partial charge in [-0.25, -0.2) is 0 Å². The maximum absolute atomic E-state index is 12.6. The van der Waals surface area contributed by atoms with Crippen molar-refractivity contribution >= 4 is 23.9 Å². The van der Waals surface area contributed by atoms with E-state index in [1.54, 1.807) is 41.5 Å². The first-order valence-electron chi connectivity index (χ1n) is 8.45. The number of ether oxygens (including phenoxy) is 3. The third kappa shape index (κ3) is 4.19. The van der Waals surface area contributed by atoms with E-state index < -0.39 is 46.5 Å². The normalized spacial score (nSPS) is 23.2. The van der Waals surface area contributed by atoms with Gasteiger partial charge in [0.15, 0.2) is 0 Å². The Bertz CT molecular complexity index is 564. The summed E-state index contributed by atoms with van der Waals surface area (Å²) < 4.78 is 14.9. The number of hydrogen-bond donors (Lipinski definition) is 0. The molecule has 7 heteroatoms. The monoisotopic (exact) mass is 356 g/mol. The zero-order valence-corrected chi connectivity index (χ0v) is 16.0. The molecule has 1 fully saturated rings. The fraction of sp³-hybridized carbons (Fsp3) is 0.778. The average Bonchev–Trinajstić information content (AvgIpc) is 2.78. The molecule has 0 aromatic rings. The van der Waals surface area contributed by atoms with E-state index in [0.29, 0.717) is 6.42 Å². The maximum Gasteiger partial charge on any atom is 0.318 e. The molecule has 25 heavy (non-hydrogen) atoms. The molecule has 0 bridgehead atoms. The largest absolute Gasteiger partial charge is 0.469 e. The first-order valence-corrected chi connectivity index (χ1v) is 8.45. The zero-order chi connectivity index (χ0) is 19.6. The predicted octanol–water partition coefficient (Wildman–Crippen LogP) is 2.26. The molecule has 0 radical (unpaired) electrons. The van der Waals surface area contributed by atoms with E-state index in [-0.39, 0.29) is 12.5 Å².